The average molecular weight is 263 g/mol. The summed E-state index contributed by atoms with van der Waals surface area (Å²) in [5.74, 6) is 3.08. The van der Waals surface area contributed by atoms with Crippen LogP contribution in [-0.4, -0.2) is 16.7 Å². The van der Waals surface area contributed by atoms with Gasteiger partial charge in [-0.2, -0.15) is 4.98 Å². The van der Waals surface area contributed by atoms with Gasteiger partial charge in [-0.1, -0.05) is 19.0 Å². The molecule has 3 rings (SSSR count). The minimum Gasteiger partial charge on any atom is -0.338 e. The van der Waals surface area contributed by atoms with Crippen LogP contribution in [0.4, 0.5) is 0 Å². The normalized spacial score (nSPS) is 23.7. The Morgan fingerprint density at radius 3 is 2.63 bits per heavy atom. The first-order valence-corrected chi connectivity index (χ1v) is 7.66. The van der Waals surface area contributed by atoms with Crippen molar-refractivity contribution < 1.29 is 4.52 Å². The number of aromatic nitrogens is 2. The lowest BCUT2D eigenvalue weighted by Crippen LogP contribution is -2.21. The highest BCUT2D eigenvalue weighted by Crippen LogP contribution is 2.41. The maximum Gasteiger partial charge on any atom is 0.240 e. The van der Waals surface area contributed by atoms with Crippen molar-refractivity contribution in [3.8, 4) is 0 Å². The Hall–Kier alpha value is -0.900. The summed E-state index contributed by atoms with van der Waals surface area (Å²) in [5.41, 5.74) is 0.495. The SMILES string of the molecule is CC1(C)CCC(c2noc(CNCC3CC3)n2)CC1. The molecule has 2 aliphatic carbocycles. The lowest BCUT2D eigenvalue weighted by molar-refractivity contribution is 0.218. The predicted octanol–water partition coefficient (Wildman–Crippen LogP) is 3.25. The summed E-state index contributed by atoms with van der Waals surface area (Å²) in [6, 6.07) is 0. The van der Waals surface area contributed by atoms with Crippen LogP contribution in [0.1, 0.15) is 70.0 Å². The summed E-state index contributed by atoms with van der Waals surface area (Å²) >= 11 is 0. The molecule has 2 saturated carbocycles. The van der Waals surface area contributed by atoms with Crippen molar-refractivity contribution in [3.05, 3.63) is 11.7 Å². The van der Waals surface area contributed by atoms with Crippen LogP contribution in [0.2, 0.25) is 0 Å². The first-order chi connectivity index (χ1) is 9.12. The highest BCUT2D eigenvalue weighted by atomic mass is 16.5. The molecule has 0 aromatic carbocycles. The van der Waals surface area contributed by atoms with E-state index in [2.05, 4.69) is 29.3 Å². The van der Waals surface area contributed by atoms with Crippen molar-refractivity contribution >= 4 is 0 Å². The molecular weight excluding hydrogens is 238 g/mol. The molecule has 0 bridgehead atoms. The van der Waals surface area contributed by atoms with Gasteiger partial charge >= 0.3 is 0 Å². The van der Waals surface area contributed by atoms with E-state index < -0.39 is 0 Å². The van der Waals surface area contributed by atoms with E-state index in [9.17, 15) is 0 Å². The van der Waals surface area contributed by atoms with E-state index in [1.807, 2.05) is 0 Å². The smallest absolute Gasteiger partial charge is 0.240 e. The summed E-state index contributed by atoms with van der Waals surface area (Å²) in [6.45, 7) is 6.52. The first kappa shape index (κ1) is 13.1. The standard InChI is InChI=1S/C15H25N3O/c1-15(2)7-5-12(6-8-15)14-17-13(19-18-14)10-16-9-11-3-4-11/h11-12,16H,3-10H2,1-2H3. The zero-order valence-electron chi connectivity index (χ0n) is 12.1. The van der Waals surface area contributed by atoms with Gasteiger partial charge in [-0.25, -0.2) is 0 Å². The van der Waals surface area contributed by atoms with Crippen LogP contribution in [0.25, 0.3) is 0 Å². The van der Waals surface area contributed by atoms with Gasteiger partial charge in [-0.3, -0.25) is 0 Å². The van der Waals surface area contributed by atoms with Crippen LogP contribution in [0.3, 0.4) is 0 Å². The fraction of sp³-hybridized carbons (Fsp3) is 0.867. The molecule has 4 heteroatoms. The Morgan fingerprint density at radius 1 is 1.21 bits per heavy atom. The maximum absolute atomic E-state index is 5.35. The molecule has 1 heterocycles. The van der Waals surface area contributed by atoms with Gasteiger partial charge in [0.05, 0.1) is 6.54 Å². The molecular formula is C15H25N3O. The number of nitrogens with one attached hydrogen (secondary N) is 1. The summed E-state index contributed by atoms with van der Waals surface area (Å²) in [5, 5.41) is 7.57. The molecule has 1 N–H and O–H groups in total. The van der Waals surface area contributed by atoms with Crippen LogP contribution >= 0.6 is 0 Å². The Kier molecular flexibility index (Phi) is 3.61. The van der Waals surface area contributed by atoms with Gasteiger partial charge in [0.2, 0.25) is 5.89 Å². The number of hydrogen-bond acceptors (Lipinski definition) is 4. The Morgan fingerprint density at radius 2 is 1.95 bits per heavy atom. The van der Waals surface area contributed by atoms with E-state index in [1.54, 1.807) is 0 Å². The van der Waals surface area contributed by atoms with Crippen LogP contribution in [0, 0.1) is 11.3 Å². The number of hydrogen-bond donors (Lipinski definition) is 1. The van der Waals surface area contributed by atoms with Gasteiger partial charge in [0.1, 0.15) is 0 Å². The summed E-state index contributed by atoms with van der Waals surface area (Å²) < 4.78 is 5.35. The van der Waals surface area contributed by atoms with Gasteiger partial charge in [0.15, 0.2) is 5.82 Å². The Bertz CT molecular complexity index is 413. The largest absolute Gasteiger partial charge is 0.338 e. The maximum atomic E-state index is 5.35. The van der Waals surface area contributed by atoms with E-state index >= 15 is 0 Å². The van der Waals surface area contributed by atoms with Gasteiger partial charge < -0.3 is 9.84 Å². The Balaban J connectivity index is 1.49. The van der Waals surface area contributed by atoms with E-state index in [-0.39, 0.29) is 0 Å². The minimum atomic E-state index is 0.495. The zero-order valence-corrected chi connectivity index (χ0v) is 12.1. The Labute approximate surface area is 115 Å². The molecule has 0 spiro atoms. The molecule has 0 saturated heterocycles. The van der Waals surface area contributed by atoms with Gasteiger partial charge in [0, 0.05) is 5.92 Å². The van der Waals surface area contributed by atoms with Crippen molar-refractivity contribution in [2.45, 2.75) is 64.8 Å². The third kappa shape index (κ3) is 3.56. The zero-order chi connectivity index (χ0) is 13.3. The topological polar surface area (TPSA) is 51.0 Å². The van der Waals surface area contributed by atoms with Crippen molar-refractivity contribution in [1.82, 2.24) is 15.5 Å². The second-order valence-electron chi connectivity index (χ2n) is 7.06. The van der Waals surface area contributed by atoms with Crippen LogP contribution in [0.15, 0.2) is 4.52 Å². The fourth-order valence-electron chi connectivity index (χ4n) is 2.87. The van der Waals surface area contributed by atoms with E-state index in [1.165, 1.54) is 38.5 Å². The number of nitrogens with zero attached hydrogens (tertiary/aromatic N) is 2. The van der Waals surface area contributed by atoms with E-state index in [0.29, 0.717) is 11.3 Å². The van der Waals surface area contributed by atoms with Gasteiger partial charge in [0.25, 0.3) is 0 Å². The monoisotopic (exact) mass is 263 g/mol. The molecule has 106 valence electrons. The average Bonchev–Trinajstić information content (AvgIpc) is 3.07. The molecule has 2 fully saturated rings. The van der Waals surface area contributed by atoms with Crippen molar-refractivity contribution in [2.24, 2.45) is 11.3 Å². The summed E-state index contributed by atoms with van der Waals surface area (Å²) in [6.07, 6.45) is 7.67. The van der Waals surface area contributed by atoms with E-state index in [0.717, 1.165) is 30.7 Å². The predicted molar refractivity (Wildman–Crippen MR) is 73.7 cm³/mol. The molecule has 4 nitrogen and oxygen atoms in total. The van der Waals surface area contributed by atoms with Crippen molar-refractivity contribution in [2.75, 3.05) is 6.54 Å². The second-order valence-corrected chi connectivity index (χ2v) is 7.06. The third-order valence-corrected chi connectivity index (χ3v) is 4.59. The van der Waals surface area contributed by atoms with E-state index in [4.69, 9.17) is 4.52 Å². The summed E-state index contributed by atoms with van der Waals surface area (Å²) in [7, 11) is 0. The molecule has 1 aromatic rings. The molecule has 2 aliphatic rings. The van der Waals surface area contributed by atoms with Crippen LogP contribution in [-0.2, 0) is 6.54 Å². The number of rotatable bonds is 5. The molecule has 0 unspecified atom stereocenters. The lowest BCUT2D eigenvalue weighted by Gasteiger charge is -2.32. The molecule has 0 amide bonds. The second kappa shape index (κ2) is 5.23. The molecule has 1 aromatic heterocycles. The minimum absolute atomic E-state index is 0.495. The van der Waals surface area contributed by atoms with Crippen molar-refractivity contribution in [1.29, 1.82) is 0 Å². The fourth-order valence-corrected chi connectivity index (χ4v) is 2.87. The van der Waals surface area contributed by atoms with Crippen LogP contribution < -0.4 is 5.32 Å². The highest BCUT2D eigenvalue weighted by Gasteiger charge is 2.30. The molecule has 19 heavy (non-hydrogen) atoms. The molecule has 0 radical (unpaired) electrons. The quantitative estimate of drug-likeness (QED) is 0.886. The highest BCUT2D eigenvalue weighted by molar-refractivity contribution is 4.99. The summed E-state index contributed by atoms with van der Waals surface area (Å²) in [4.78, 5) is 4.56. The van der Waals surface area contributed by atoms with Crippen molar-refractivity contribution in [3.63, 3.8) is 0 Å². The molecule has 0 atom stereocenters. The first-order valence-electron chi connectivity index (χ1n) is 7.66. The van der Waals surface area contributed by atoms with Gasteiger partial charge in [-0.15, -0.1) is 0 Å². The van der Waals surface area contributed by atoms with Crippen LogP contribution in [0.5, 0.6) is 0 Å². The third-order valence-electron chi connectivity index (χ3n) is 4.59. The lowest BCUT2D eigenvalue weighted by atomic mass is 9.73. The van der Waals surface area contributed by atoms with Gasteiger partial charge in [-0.05, 0) is 56.4 Å². The molecule has 0 aliphatic heterocycles.